The summed E-state index contributed by atoms with van der Waals surface area (Å²) in [5.41, 5.74) is 2.12. The number of halogens is 1. The number of pyridine rings is 1. The Morgan fingerprint density at radius 1 is 1.12 bits per heavy atom. The van der Waals surface area contributed by atoms with Crippen molar-refractivity contribution in [3.8, 4) is 0 Å². The van der Waals surface area contributed by atoms with Crippen LogP contribution >= 0.6 is 27.7 Å². The molecule has 3 rings (SSSR count). The number of hydrogen-bond donors (Lipinski definition) is 2. The van der Waals surface area contributed by atoms with Gasteiger partial charge in [0.05, 0.1) is 18.0 Å². The van der Waals surface area contributed by atoms with Gasteiger partial charge >= 0.3 is 0 Å². The van der Waals surface area contributed by atoms with Gasteiger partial charge in [-0.05, 0) is 54.1 Å². The van der Waals surface area contributed by atoms with E-state index in [0.717, 1.165) is 14.9 Å². The number of aliphatic hydroxyl groups is 1. The molecule has 26 heavy (non-hydrogen) atoms. The summed E-state index contributed by atoms with van der Waals surface area (Å²) in [6.45, 7) is 0. The van der Waals surface area contributed by atoms with Crippen LogP contribution in [0.25, 0.3) is 0 Å². The van der Waals surface area contributed by atoms with Gasteiger partial charge in [-0.3, -0.25) is 9.78 Å². The molecule has 3 aromatic rings. The van der Waals surface area contributed by atoms with Crippen LogP contribution in [0.2, 0.25) is 0 Å². The summed E-state index contributed by atoms with van der Waals surface area (Å²) in [5.74, 6) is 0.368. The minimum Gasteiger partial charge on any atom is -0.388 e. The molecule has 1 heterocycles. The first-order valence-corrected chi connectivity index (χ1v) is 9.77. The molecule has 0 saturated heterocycles. The van der Waals surface area contributed by atoms with Crippen LogP contribution in [-0.2, 0) is 0 Å². The van der Waals surface area contributed by atoms with E-state index in [2.05, 4.69) is 26.2 Å². The molecule has 1 atom stereocenters. The molecule has 1 aromatic heterocycles. The lowest BCUT2D eigenvalue weighted by atomic mass is 10.1. The van der Waals surface area contributed by atoms with Gasteiger partial charge in [0.2, 0.25) is 0 Å². The third-order valence-electron chi connectivity index (χ3n) is 3.70. The molecule has 0 bridgehead atoms. The Hall–Kier alpha value is -2.15. The van der Waals surface area contributed by atoms with Crippen LogP contribution in [0.15, 0.2) is 82.4 Å². The Morgan fingerprint density at radius 2 is 1.85 bits per heavy atom. The largest absolute Gasteiger partial charge is 0.388 e. The topological polar surface area (TPSA) is 62.2 Å². The first kappa shape index (κ1) is 18.6. The average Bonchev–Trinajstić information content (AvgIpc) is 2.68. The summed E-state index contributed by atoms with van der Waals surface area (Å²) in [5, 5.41) is 13.1. The van der Waals surface area contributed by atoms with E-state index in [1.54, 1.807) is 48.4 Å². The zero-order chi connectivity index (χ0) is 18.4. The van der Waals surface area contributed by atoms with Gasteiger partial charge in [-0.15, -0.1) is 11.8 Å². The smallest absolute Gasteiger partial charge is 0.255 e. The Kier molecular flexibility index (Phi) is 6.44. The zero-order valence-electron chi connectivity index (χ0n) is 13.8. The fraction of sp³-hybridized carbons (Fsp3) is 0.100. The second-order valence-electron chi connectivity index (χ2n) is 5.60. The minimum atomic E-state index is -0.540. The normalized spacial score (nSPS) is 11.8. The van der Waals surface area contributed by atoms with Crippen molar-refractivity contribution in [3.63, 3.8) is 0 Å². The van der Waals surface area contributed by atoms with Crippen LogP contribution in [0.4, 0.5) is 5.69 Å². The third kappa shape index (κ3) is 5.17. The van der Waals surface area contributed by atoms with Crippen LogP contribution in [0.5, 0.6) is 0 Å². The fourth-order valence-electron chi connectivity index (χ4n) is 2.30. The Bertz CT molecular complexity index is 855. The summed E-state index contributed by atoms with van der Waals surface area (Å²) < 4.78 is 0.987. The summed E-state index contributed by atoms with van der Waals surface area (Å²) in [7, 11) is 0. The quantitative estimate of drug-likeness (QED) is 0.546. The number of aliphatic hydroxyl groups excluding tert-OH is 1. The predicted octanol–water partition coefficient (Wildman–Crippen LogP) is 4.92. The number of nitrogens with zero attached hydrogens (tertiary/aromatic N) is 1. The summed E-state index contributed by atoms with van der Waals surface area (Å²) in [6.07, 6.45) is 2.72. The lowest BCUT2D eigenvalue weighted by molar-refractivity contribution is 0.102. The van der Waals surface area contributed by atoms with Gasteiger partial charge in [0, 0.05) is 26.9 Å². The lowest BCUT2D eigenvalue weighted by Crippen LogP contribution is -2.11. The standard InChI is InChI=1S/C20H17BrN2O2S/c21-16-7-3-14(4-8-16)19(24)13-26-18-9-5-15(6-10-18)20(25)23-17-2-1-11-22-12-17/h1-12,19,24H,13H2,(H,23,25). The van der Waals surface area contributed by atoms with Crippen molar-refractivity contribution >= 4 is 39.3 Å². The molecule has 0 aliphatic heterocycles. The van der Waals surface area contributed by atoms with Crippen LogP contribution in [0.1, 0.15) is 22.0 Å². The van der Waals surface area contributed by atoms with Crippen molar-refractivity contribution in [1.29, 1.82) is 0 Å². The Balaban J connectivity index is 1.55. The number of hydrogen-bond acceptors (Lipinski definition) is 4. The maximum Gasteiger partial charge on any atom is 0.255 e. The van der Waals surface area contributed by atoms with Crippen LogP contribution < -0.4 is 5.32 Å². The number of amides is 1. The number of rotatable bonds is 6. The van der Waals surface area contributed by atoms with E-state index in [0.29, 0.717) is 17.0 Å². The van der Waals surface area contributed by atoms with Gasteiger partial charge in [0.15, 0.2) is 0 Å². The van der Waals surface area contributed by atoms with E-state index < -0.39 is 6.10 Å². The van der Waals surface area contributed by atoms with Crippen molar-refractivity contribution in [2.24, 2.45) is 0 Å². The number of benzene rings is 2. The Labute approximate surface area is 164 Å². The van der Waals surface area contributed by atoms with Crippen molar-refractivity contribution < 1.29 is 9.90 Å². The zero-order valence-corrected chi connectivity index (χ0v) is 16.2. The number of anilines is 1. The van der Waals surface area contributed by atoms with Crippen LogP contribution in [0.3, 0.4) is 0 Å². The van der Waals surface area contributed by atoms with Gasteiger partial charge in [-0.25, -0.2) is 0 Å². The van der Waals surface area contributed by atoms with Gasteiger partial charge < -0.3 is 10.4 Å². The summed E-state index contributed by atoms with van der Waals surface area (Å²) in [4.78, 5) is 17.2. The highest BCUT2D eigenvalue weighted by Crippen LogP contribution is 2.26. The molecule has 0 saturated carbocycles. The molecule has 2 N–H and O–H groups in total. The van der Waals surface area contributed by atoms with Crippen molar-refractivity contribution in [2.75, 3.05) is 11.1 Å². The van der Waals surface area contributed by atoms with Crippen molar-refractivity contribution in [3.05, 3.63) is 88.7 Å². The number of aromatic nitrogens is 1. The second-order valence-corrected chi connectivity index (χ2v) is 7.61. The maximum absolute atomic E-state index is 12.2. The van der Waals surface area contributed by atoms with E-state index in [1.807, 2.05) is 36.4 Å². The molecule has 0 spiro atoms. The average molecular weight is 429 g/mol. The second kappa shape index (κ2) is 8.98. The molecule has 1 amide bonds. The van der Waals surface area contributed by atoms with Gasteiger partial charge in [-0.2, -0.15) is 0 Å². The number of carbonyl (C=O) groups excluding carboxylic acids is 1. The first-order chi connectivity index (χ1) is 12.6. The molecule has 1 unspecified atom stereocenters. The minimum absolute atomic E-state index is 0.176. The lowest BCUT2D eigenvalue weighted by Gasteiger charge is -2.11. The molecule has 0 aliphatic carbocycles. The van der Waals surface area contributed by atoms with E-state index in [1.165, 1.54) is 0 Å². The van der Waals surface area contributed by atoms with Gasteiger partial charge in [0.25, 0.3) is 5.91 Å². The van der Waals surface area contributed by atoms with E-state index in [4.69, 9.17) is 0 Å². The van der Waals surface area contributed by atoms with Gasteiger partial charge in [0.1, 0.15) is 0 Å². The number of carbonyl (C=O) groups is 1. The van der Waals surface area contributed by atoms with E-state index in [-0.39, 0.29) is 5.91 Å². The molecular weight excluding hydrogens is 412 g/mol. The first-order valence-electron chi connectivity index (χ1n) is 7.99. The number of thioether (sulfide) groups is 1. The van der Waals surface area contributed by atoms with Crippen LogP contribution in [-0.4, -0.2) is 21.8 Å². The molecule has 2 aromatic carbocycles. The maximum atomic E-state index is 12.2. The SMILES string of the molecule is O=C(Nc1cccnc1)c1ccc(SCC(O)c2ccc(Br)cc2)cc1. The molecule has 0 radical (unpaired) electrons. The van der Waals surface area contributed by atoms with E-state index in [9.17, 15) is 9.90 Å². The third-order valence-corrected chi connectivity index (χ3v) is 5.32. The fourth-order valence-corrected chi connectivity index (χ4v) is 3.43. The van der Waals surface area contributed by atoms with Crippen molar-refractivity contribution in [1.82, 2.24) is 4.98 Å². The molecule has 132 valence electrons. The highest BCUT2D eigenvalue weighted by Gasteiger charge is 2.10. The molecule has 0 fully saturated rings. The van der Waals surface area contributed by atoms with Crippen LogP contribution in [0, 0.1) is 0 Å². The van der Waals surface area contributed by atoms with Crippen molar-refractivity contribution in [2.45, 2.75) is 11.0 Å². The van der Waals surface area contributed by atoms with E-state index >= 15 is 0 Å². The van der Waals surface area contributed by atoms with Gasteiger partial charge in [-0.1, -0.05) is 28.1 Å². The molecular formula is C20H17BrN2O2S. The highest BCUT2D eigenvalue weighted by atomic mass is 79.9. The number of nitrogens with one attached hydrogen (secondary N) is 1. The summed E-state index contributed by atoms with van der Waals surface area (Å²) in [6, 6.07) is 18.5. The molecule has 6 heteroatoms. The highest BCUT2D eigenvalue weighted by molar-refractivity contribution is 9.10. The monoisotopic (exact) mass is 428 g/mol. The Morgan fingerprint density at radius 3 is 2.50 bits per heavy atom. The molecule has 4 nitrogen and oxygen atoms in total. The molecule has 0 aliphatic rings. The predicted molar refractivity (Wildman–Crippen MR) is 108 cm³/mol. The summed E-state index contributed by atoms with van der Waals surface area (Å²) >= 11 is 4.93.